The molecule has 0 aromatic carbocycles. The maximum absolute atomic E-state index is 12.4. The minimum atomic E-state index is 0.253. The van der Waals surface area contributed by atoms with E-state index in [1.165, 1.54) is 12.8 Å². The van der Waals surface area contributed by atoms with Crippen molar-refractivity contribution in [2.45, 2.75) is 44.4 Å². The molecule has 18 heavy (non-hydrogen) atoms. The van der Waals surface area contributed by atoms with E-state index in [4.69, 9.17) is 0 Å². The standard InChI is InChI=1S/C12H19N5O/c18-12(9-4-1-2-5-9)17-7-3-6-10(8-17)11-13-15-16-14-11/h9-10H,1-8H2,(H,13,14,15,16). The summed E-state index contributed by atoms with van der Waals surface area (Å²) in [6.45, 7) is 1.65. The number of likely N-dealkylation sites (tertiary alicyclic amines) is 1. The smallest absolute Gasteiger partial charge is 0.225 e. The second kappa shape index (κ2) is 5.04. The van der Waals surface area contributed by atoms with E-state index in [1.54, 1.807) is 0 Å². The molecule has 1 saturated carbocycles. The number of nitrogens with zero attached hydrogens (tertiary/aromatic N) is 4. The van der Waals surface area contributed by atoms with Crippen molar-refractivity contribution in [1.29, 1.82) is 0 Å². The van der Waals surface area contributed by atoms with Gasteiger partial charge in [0.15, 0.2) is 5.82 Å². The monoisotopic (exact) mass is 249 g/mol. The van der Waals surface area contributed by atoms with Gasteiger partial charge in [0.05, 0.1) is 0 Å². The molecule has 1 aliphatic heterocycles. The van der Waals surface area contributed by atoms with Crippen LogP contribution in [-0.2, 0) is 4.79 Å². The zero-order valence-electron chi connectivity index (χ0n) is 10.5. The number of tetrazole rings is 1. The molecule has 0 bridgehead atoms. The number of hydrogen-bond donors (Lipinski definition) is 1. The summed E-state index contributed by atoms with van der Waals surface area (Å²) in [6.07, 6.45) is 6.65. The molecule has 1 atom stereocenters. The highest BCUT2D eigenvalue weighted by Crippen LogP contribution is 2.30. The molecule has 98 valence electrons. The average molecular weight is 249 g/mol. The Balaban J connectivity index is 1.64. The van der Waals surface area contributed by atoms with Crippen LogP contribution < -0.4 is 0 Å². The van der Waals surface area contributed by atoms with Crippen molar-refractivity contribution in [3.05, 3.63) is 5.82 Å². The SMILES string of the molecule is O=C(C1CCCC1)N1CCCC(c2nn[nH]n2)C1. The van der Waals surface area contributed by atoms with Gasteiger partial charge in [-0.1, -0.05) is 18.1 Å². The van der Waals surface area contributed by atoms with Crippen LogP contribution in [0.25, 0.3) is 0 Å². The minimum Gasteiger partial charge on any atom is -0.342 e. The third-order valence-electron chi connectivity index (χ3n) is 4.16. The van der Waals surface area contributed by atoms with E-state index in [0.29, 0.717) is 5.91 Å². The van der Waals surface area contributed by atoms with E-state index < -0.39 is 0 Å². The van der Waals surface area contributed by atoms with Crippen LogP contribution in [0.1, 0.15) is 50.3 Å². The van der Waals surface area contributed by atoms with Gasteiger partial charge in [-0.05, 0) is 25.7 Å². The maximum atomic E-state index is 12.4. The zero-order chi connectivity index (χ0) is 12.4. The molecule has 1 N–H and O–H groups in total. The Morgan fingerprint density at radius 1 is 1.22 bits per heavy atom. The van der Waals surface area contributed by atoms with E-state index in [0.717, 1.165) is 44.6 Å². The Hall–Kier alpha value is -1.46. The molecule has 0 radical (unpaired) electrons. The normalized spacial score (nSPS) is 25.6. The lowest BCUT2D eigenvalue weighted by Gasteiger charge is -2.33. The van der Waals surface area contributed by atoms with Crippen LogP contribution in [0.4, 0.5) is 0 Å². The second-order valence-corrected chi connectivity index (χ2v) is 5.37. The number of hydrogen-bond acceptors (Lipinski definition) is 4. The molecule has 1 aromatic heterocycles. The summed E-state index contributed by atoms with van der Waals surface area (Å²) >= 11 is 0. The number of aromatic amines is 1. The highest BCUT2D eigenvalue weighted by Gasteiger charge is 2.32. The number of H-pyrrole nitrogens is 1. The van der Waals surface area contributed by atoms with Gasteiger partial charge >= 0.3 is 0 Å². The maximum Gasteiger partial charge on any atom is 0.225 e. The van der Waals surface area contributed by atoms with Crippen LogP contribution >= 0.6 is 0 Å². The van der Waals surface area contributed by atoms with Crippen LogP contribution in [0.2, 0.25) is 0 Å². The molecule has 2 heterocycles. The number of piperidine rings is 1. The topological polar surface area (TPSA) is 74.8 Å². The van der Waals surface area contributed by atoms with Gasteiger partial charge in [-0.2, -0.15) is 5.21 Å². The Labute approximate surface area is 106 Å². The van der Waals surface area contributed by atoms with E-state index in [1.807, 2.05) is 4.90 Å². The van der Waals surface area contributed by atoms with E-state index in [2.05, 4.69) is 20.6 Å². The Morgan fingerprint density at radius 3 is 2.78 bits per heavy atom. The molecule has 3 rings (SSSR count). The van der Waals surface area contributed by atoms with E-state index >= 15 is 0 Å². The highest BCUT2D eigenvalue weighted by atomic mass is 16.2. The number of rotatable bonds is 2. The minimum absolute atomic E-state index is 0.253. The van der Waals surface area contributed by atoms with E-state index in [-0.39, 0.29) is 11.8 Å². The van der Waals surface area contributed by atoms with Gasteiger partial charge in [-0.25, -0.2) is 0 Å². The Bertz CT molecular complexity index is 399. The first-order valence-electron chi connectivity index (χ1n) is 6.86. The van der Waals surface area contributed by atoms with Crippen molar-refractivity contribution in [1.82, 2.24) is 25.5 Å². The van der Waals surface area contributed by atoms with Crippen molar-refractivity contribution in [2.24, 2.45) is 5.92 Å². The Morgan fingerprint density at radius 2 is 2.06 bits per heavy atom. The van der Waals surface area contributed by atoms with Crippen molar-refractivity contribution in [3.8, 4) is 0 Å². The molecule has 6 heteroatoms. The van der Waals surface area contributed by atoms with Gasteiger partial charge < -0.3 is 4.90 Å². The molecule has 1 saturated heterocycles. The molecular weight excluding hydrogens is 230 g/mol. The molecule has 1 aliphatic carbocycles. The summed E-state index contributed by atoms with van der Waals surface area (Å²) in [5, 5.41) is 14.2. The highest BCUT2D eigenvalue weighted by molar-refractivity contribution is 5.79. The lowest BCUT2D eigenvalue weighted by Crippen LogP contribution is -2.42. The Kier molecular flexibility index (Phi) is 3.25. The fourth-order valence-corrected chi connectivity index (χ4v) is 3.16. The fourth-order valence-electron chi connectivity index (χ4n) is 3.16. The molecule has 2 aliphatic rings. The van der Waals surface area contributed by atoms with Crippen molar-refractivity contribution in [3.63, 3.8) is 0 Å². The number of carbonyl (C=O) groups excluding carboxylic acids is 1. The lowest BCUT2D eigenvalue weighted by atomic mass is 9.95. The molecular formula is C12H19N5O. The first-order chi connectivity index (χ1) is 8.84. The van der Waals surface area contributed by atoms with Crippen LogP contribution in [0.3, 0.4) is 0 Å². The lowest BCUT2D eigenvalue weighted by molar-refractivity contribution is -0.136. The first-order valence-corrected chi connectivity index (χ1v) is 6.86. The van der Waals surface area contributed by atoms with Crippen molar-refractivity contribution in [2.75, 3.05) is 13.1 Å². The van der Waals surface area contributed by atoms with Gasteiger partial charge in [-0.3, -0.25) is 4.79 Å². The molecule has 6 nitrogen and oxygen atoms in total. The van der Waals surface area contributed by atoms with Gasteiger partial charge in [-0.15, -0.1) is 10.2 Å². The number of nitrogens with one attached hydrogen (secondary N) is 1. The van der Waals surface area contributed by atoms with Crippen LogP contribution in [0, 0.1) is 5.92 Å². The number of amides is 1. The van der Waals surface area contributed by atoms with Crippen LogP contribution in [0.5, 0.6) is 0 Å². The predicted molar refractivity (Wildman–Crippen MR) is 64.7 cm³/mol. The number of carbonyl (C=O) groups is 1. The largest absolute Gasteiger partial charge is 0.342 e. The molecule has 1 aromatic rings. The van der Waals surface area contributed by atoms with Crippen LogP contribution in [0.15, 0.2) is 0 Å². The second-order valence-electron chi connectivity index (χ2n) is 5.37. The fraction of sp³-hybridized carbons (Fsp3) is 0.833. The molecule has 1 unspecified atom stereocenters. The van der Waals surface area contributed by atoms with Gasteiger partial charge in [0, 0.05) is 24.9 Å². The molecule has 2 fully saturated rings. The zero-order valence-corrected chi connectivity index (χ0v) is 10.5. The summed E-state index contributed by atoms with van der Waals surface area (Å²) < 4.78 is 0. The van der Waals surface area contributed by atoms with Gasteiger partial charge in [0.1, 0.15) is 0 Å². The first kappa shape index (κ1) is 11.6. The summed E-state index contributed by atoms with van der Waals surface area (Å²) in [5.74, 6) is 1.62. The summed E-state index contributed by atoms with van der Waals surface area (Å²) in [7, 11) is 0. The van der Waals surface area contributed by atoms with Crippen molar-refractivity contribution >= 4 is 5.91 Å². The van der Waals surface area contributed by atoms with Gasteiger partial charge in [0.25, 0.3) is 0 Å². The third-order valence-corrected chi connectivity index (χ3v) is 4.16. The quantitative estimate of drug-likeness (QED) is 0.851. The van der Waals surface area contributed by atoms with Crippen LogP contribution in [-0.4, -0.2) is 44.5 Å². The van der Waals surface area contributed by atoms with Crippen molar-refractivity contribution < 1.29 is 4.79 Å². The molecule has 0 spiro atoms. The summed E-state index contributed by atoms with van der Waals surface area (Å²) in [4.78, 5) is 14.4. The molecule has 1 amide bonds. The predicted octanol–water partition coefficient (Wildman–Crippen LogP) is 1.10. The number of aromatic nitrogens is 4. The third kappa shape index (κ3) is 2.23. The summed E-state index contributed by atoms with van der Waals surface area (Å²) in [6, 6.07) is 0. The average Bonchev–Trinajstić information content (AvgIpc) is 3.11. The summed E-state index contributed by atoms with van der Waals surface area (Å²) in [5.41, 5.74) is 0. The van der Waals surface area contributed by atoms with E-state index in [9.17, 15) is 4.79 Å². The van der Waals surface area contributed by atoms with Gasteiger partial charge in [0.2, 0.25) is 5.91 Å².